The van der Waals surface area contributed by atoms with E-state index in [4.69, 9.17) is 16.3 Å². The van der Waals surface area contributed by atoms with Crippen LogP contribution in [0.3, 0.4) is 0 Å². The van der Waals surface area contributed by atoms with Crippen molar-refractivity contribution in [3.63, 3.8) is 0 Å². The van der Waals surface area contributed by atoms with E-state index in [1.807, 2.05) is 68.0 Å². The van der Waals surface area contributed by atoms with Crippen molar-refractivity contribution < 1.29 is 22.7 Å². The van der Waals surface area contributed by atoms with Gasteiger partial charge in [0.05, 0.1) is 0 Å². The minimum atomic E-state index is -4.14. The van der Waals surface area contributed by atoms with E-state index in [9.17, 15) is 18.0 Å². The van der Waals surface area contributed by atoms with Crippen LogP contribution in [-0.2, 0) is 24.3 Å². The van der Waals surface area contributed by atoms with E-state index in [0.717, 1.165) is 23.3 Å². The normalized spacial score (nSPS) is 18.6. The Labute approximate surface area is 216 Å². The Bertz CT molecular complexity index is 1430. The smallest absolute Gasteiger partial charge is 0.257 e. The van der Waals surface area contributed by atoms with Crippen LogP contribution in [0.4, 0.5) is 5.69 Å². The van der Waals surface area contributed by atoms with E-state index < -0.39 is 39.8 Å². The van der Waals surface area contributed by atoms with E-state index in [1.54, 1.807) is 23.1 Å². The molecule has 3 aromatic rings. The lowest BCUT2D eigenvalue weighted by molar-refractivity contribution is -0.130. The molecule has 4 rings (SSSR count). The maximum Gasteiger partial charge on any atom is 0.257 e. The van der Waals surface area contributed by atoms with Crippen LogP contribution >= 0.6 is 11.6 Å². The first-order valence-electron chi connectivity index (χ1n) is 11.6. The summed E-state index contributed by atoms with van der Waals surface area (Å²) in [7, 11) is -4.14. The molecule has 7 nitrogen and oxygen atoms in total. The number of fused-ring (bicyclic) bond motifs is 2. The maximum absolute atomic E-state index is 13.9. The van der Waals surface area contributed by atoms with Crippen molar-refractivity contribution in [1.82, 2.24) is 4.72 Å². The van der Waals surface area contributed by atoms with Gasteiger partial charge in [0.25, 0.3) is 5.91 Å². The Morgan fingerprint density at radius 1 is 1.06 bits per heavy atom. The number of amides is 2. The van der Waals surface area contributed by atoms with E-state index in [1.165, 1.54) is 0 Å². The van der Waals surface area contributed by atoms with Gasteiger partial charge in [-0.15, -0.1) is 0 Å². The topological polar surface area (TPSA) is 92.8 Å². The fourth-order valence-electron chi connectivity index (χ4n) is 4.50. The zero-order valence-corrected chi connectivity index (χ0v) is 22.2. The van der Waals surface area contributed by atoms with Crippen molar-refractivity contribution in [3.8, 4) is 0 Å². The monoisotopic (exact) mass is 528 g/mol. The second-order valence-corrected chi connectivity index (χ2v) is 12.4. The highest BCUT2D eigenvalue weighted by molar-refractivity contribution is 7.90. The molecular formula is C27H29ClN2O5S. The molecule has 1 aliphatic rings. The molecule has 1 aliphatic heterocycles. The molecular weight excluding hydrogens is 500 g/mol. The van der Waals surface area contributed by atoms with E-state index >= 15 is 0 Å². The number of nitrogens with one attached hydrogen (secondary N) is 1. The summed E-state index contributed by atoms with van der Waals surface area (Å²) < 4.78 is 33.8. The Morgan fingerprint density at radius 3 is 2.44 bits per heavy atom. The zero-order chi connectivity index (χ0) is 26.3. The third-order valence-corrected chi connectivity index (χ3v) is 7.39. The molecule has 0 fully saturated rings. The van der Waals surface area contributed by atoms with Gasteiger partial charge >= 0.3 is 0 Å². The lowest BCUT2D eigenvalue weighted by Crippen LogP contribution is -2.47. The van der Waals surface area contributed by atoms with Gasteiger partial charge in [-0.25, -0.2) is 8.42 Å². The SMILES string of the molecule is CC(=O)NS(=O)(=O)C[C@@H]1O[C@@H](c2cccc3ccccc23)c2cc(Cl)ccc2N(CC(C)(C)C)C1=O. The quantitative estimate of drug-likeness (QED) is 0.512. The van der Waals surface area contributed by atoms with Crippen LogP contribution in [-0.4, -0.2) is 38.6 Å². The summed E-state index contributed by atoms with van der Waals surface area (Å²) in [5.74, 6) is -1.93. The summed E-state index contributed by atoms with van der Waals surface area (Å²) in [5, 5.41) is 2.36. The van der Waals surface area contributed by atoms with Gasteiger partial charge in [-0.1, -0.05) is 74.8 Å². The number of halogens is 1. The average Bonchev–Trinajstić information content (AvgIpc) is 2.87. The molecule has 36 heavy (non-hydrogen) atoms. The molecule has 0 radical (unpaired) electrons. The third-order valence-electron chi connectivity index (χ3n) is 5.81. The van der Waals surface area contributed by atoms with Crippen LogP contribution in [0.25, 0.3) is 10.8 Å². The fourth-order valence-corrected chi connectivity index (χ4v) is 5.82. The van der Waals surface area contributed by atoms with Crippen LogP contribution in [0.1, 0.15) is 44.9 Å². The molecule has 3 aromatic carbocycles. The number of sulfonamides is 1. The Balaban J connectivity index is 1.93. The van der Waals surface area contributed by atoms with Crippen molar-refractivity contribution in [2.45, 2.75) is 39.9 Å². The number of anilines is 1. The molecule has 0 saturated heterocycles. The minimum Gasteiger partial charge on any atom is -0.354 e. The first kappa shape index (κ1) is 26.1. The van der Waals surface area contributed by atoms with Gasteiger partial charge in [0, 0.05) is 29.7 Å². The van der Waals surface area contributed by atoms with Crippen LogP contribution < -0.4 is 9.62 Å². The highest BCUT2D eigenvalue weighted by Crippen LogP contribution is 2.42. The molecule has 0 saturated carbocycles. The average molecular weight is 529 g/mol. The first-order chi connectivity index (χ1) is 16.8. The molecule has 9 heteroatoms. The van der Waals surface area contributed by atoms with Crippen molar-refractivity contribution in [3.05, 3.63) is 76.8 Å². The van der Waals surface area contributed by atoms with Crippen molar-refractivity contribution in [2.24, 2.45) is 5.41 Å². The van der Waals surface area contributed by atoms with Gasteiger partial charge in [-0.3, -0.25) is 14.3 Å². The van der Waals surface area contributed by atoms with Gasteiger partial charge < -0.3 is 9.64 Å². The Hall–Kier alpha value is -2.94. The zero-order valence-electron chi connectivity index (χ0n) is 20.6. The molecule has 0 bridgehead atoms. The molecule has 2 amide bonds. The number of ether oxygens (including phenoxy) is 1. The molecule has 1 N–H and O–H groups in total. The second kappa shape index (κ2) is 9.84. The van der Waals surface area contributed by atoms with E-state index in [2.05, 4.69) is 0 Å². The number of carbonyl (C=O) groups excluding carboxylic acids is 2. The first-order valence-corrected chi connectivity index (χ1v) is 13.6. The number of hydrogen-bond acceptors (Lipinski definition) is 5. The minimum absolute atomic E-state index is 0.299. The Kier molecular flexibility index (Phi) is 7.14. The van der Waals surface area contributed by atoms with E-state index in [-0.39, 0.29) is 5.41 Å². The van der Waals surface area contributed by atoms with Gasteiger partial charge in [0.1, 0.15) is 11.9 Å². The molecule has 0 unspecified atom stereocenters. The van der Waals surface area contributed by atoms with Crippen molar-refractivity contribution in [2.75, 3.05) is 17.2 Å². The lowest BCUT2D eigenvalue weighted by atomic mass is 9.93. The van der Waals surface area contributed by atoms with Crippen LogP contribution in [0.15, 0.2) is 60.7 Å². The number of carbonyl (C=O) groups is 2. The molecule has 0 aliphatic carbocycles. The number of rotatable bonds is 5. The molecule has 1 heterocycles. The van der Waals surface area contributed by atoms with Crippen molar-refractivity contribution in [1.29, 1.82) is 0 Å². The van der Waals surface area contributed by atoms with Gasteiger partial charge in [-0.05, 0) is 39.9 Å². The standard InChI is InChI=1S/C27H29ClN2O5S/c1-17(31)29-36(33,34)15-24-26(32)30(16-27(2,3)4)23-13-12-19(28)14-22(23)25(35-24)21-11-7-9-18-8-5-6-10-20(18)21/h5-14,24-25H,15-16H2,1-4H3,(H,29,31)/t24-,25-/m0/s1. The summed E-state index contributed by atoms with van der Waals surface area (Å²) in [6.45, 7) is 7.41. The predicted octanol–water partition coefficient (Wildman–Crippen LogP) is 4.83. The van der Waals surface area contributed by atoms with Gasteiger partial charge in [0.15, 0.2) is 6.10 Å². The molecule has 0 aromatic heterocycles. The second-order valence-electron chi connectivity index (χ2n) is 10.2. The van der Waals surface area contributed by atoms with Crippen LogP contribution in [0, 0.1) is 5.41 Å². The van der Waals surface area contributed by atoms with E-state index in [0.29, 0.717) is 22.8 Å². The fraction of sp³-hybridized carbons (Fsp3) is 0.333. The summed E-state index contributed by atoms with van der Waals surface area (Å²) in [6, 6.07) is 18.8. The molecule has 2 atom stereocenters. The summed E-state index contributed by atoms with van der Waals surface area (Å²) >= 11 is 6.42. The summed E-state index contributed by atoms with van der Waals surface area (Å²) in [6.07, 6.45) is -2.14. The van der Waals surface area contributed by atoms with Gasteiger partial charge in [0.2, 0.25) is 15.9 Å². The highest BCUT2D eigenvalue weighted by atomic mass is 35.5. The van der Waals surface area contributed by atoms with Crippen molar-refractivity contribution >= 4 is 49.9 Å². The summed E-state index contributed by atoms with van der Waals surface area (Å²) in [5.41, 5.74) is 1.75. The molecule has 0 spiro atoms. The number of benzene rings is 3. The number of hydrogen-bond donors (Lipinski definition) is 1. The lowest BCUT2D eigenvalue weighted by Gasteiger charge is -2.31. The van der Waals surface area contributed by atoms with Crippen LogP contribution in [0.2, 0.25) is 5.02 Å². The third kappa shape index (κ3) is 5.72. The maximum atomic E-state index is 13.9. The van der Waals surface area contributed by atoms with Gasteiger partial charge in [-0.2, -0.15) is 0 Å². The summed E-state index contributed by atoms with van der Waals surface area (Å²) in [4.78, 5) is 26.9. The number of nitrogens with zero attached hydrogens (tertiary/aromatic N) is 1. The predicted molar refractivity (Wildman–Crippen MR) is 142 cm³/mol. The largest absolute Gasteiger partial charge is 0.354 e. The Morgan fingerprint density at radius 2 is 1.75 bits per heavy atom. The highest BCUT2D eigenvalue weighted by Gasteiger charge is 2.40. The van der Waals surface area contributed by atoms with Crippen LogP contribution in [0.5, 0.6) is 0 Å². The molecule has 190 valence electrons.